The van der Waals surface area contributed by atoms with Crippen LogP contribution in [0.25, 0.3) is 0 Å². The molecule has 0 aliphatic rings. The zero-order valence-electron chi connectivity index (χ0n) is 19.1. The van der Waals surface area contributed by atoms with Gasteiger partial charge in [0.2, 0.25) is 0 Å². The van der Waals surface area contributed by atoms with E-state index >= 15 is 0 Å². The fourth-order valence-corrected chi connectivity index (χ4v) is 3.98. The summed E-state index contributed by atoms with van der Waals surface area (Å²) in [7, 11) is 4.23. The summed E-state index contributed by atoms with van der Waals surface area (Å²) < 4.78 is 4.48. The summed E-state index contributed by atoms with van der Waals surface area (Å²) in [6.07, 6.45) is 0. The number of aryl methyl sites for hydroxylation is 2. The molecule has 4 nitrogen and oxygen atoms in total. The molecule has 0 saturated heterocycles. The van der Waals surface area contributed by atoms with E-state index in [9.17, 15) is 0 Å². The first-order valence-electron chi connectivity index (χ1n) is 9.96. The summed E-state index contributed by atoms with van der Waals surface area (Å²) in [6.45, 7) is 21.8. The minimum Gasteiger partial charge on any atom is -0.334 e. The monoisotopic (exact) mass is 360 g/mol. The van der Waals surface area contributed by atoms with Crippen LogP contribution in [0.2, 0.25) is 0 Å². The van der Waals surface area contributed by atoms with Crippen molar-refractivity contribution in [3.63, 3.8) is 0 Å². The summed E-state index contributed by atoms with van der Waals surface area (Å²) in [4.78, 5) is 9.19. The second-order valence-corrected chi connectivity index (χ2v) is 8.62. The van der Waals surface area contributed by atoms with Gasteiger partial charge in [-0.1, -0.05) is 55.4 Å². The second kappa shape index (κ2) is 8.88. The maximum absolute atomic E-state index is 4.59. The number of aromatic nitrogens is 4. The third-order valence-electron chi connectivity index (χ3n) is 4.84. The van der Waals surface area contributed by atoms with Crippen LogP contribution in [0, 0.1) is 13.8 Å². The van der Waals surface area contributed by atoms with Crippen LogP contribution in [0.1, 0.15) is 113 Å². The second-order valence-electron chi connectivity index (χ2n) is 8.62. The van der Waals surface area contributed by atoms with Gasteiger partial charge in [0.15, 0.2) is 0 Å². The van der Waals surface area contributed by atoms with Crippen molar-refractivity contribution in [2.24, 2.45) is 14.1 Å². The molecule has 0 spiro atoms. The molecule has 0 saturated carbocycles. The summed E-state index contributed by atoms with van der Waals surface area (Å²) in [5, 5.41) is 0. The fourth-order valence-electron chi connectivity index (χ4n) is 3.98. The van der Waals surface area contributed by atoms with Gasteiger partial charge >= 0.3 is 0 Å². The Bertz CT molecular complexity index is 653. The lowest BCUT2D eigenvalue weighted by molar-refractivity contribution is 0.664. The van der Waals surface area contributed by atoms with E-state index in [2.05, 4.69) is 102 Å². The van der Waals surface area contributed by atoms with Gasteiger partial charge in [0.05, 0.1) is 11.4 Å². The van der Waals surface area contributed by atoms with Crippen molar-refractivity contribution in [2.75, 3.05) is 0 Å². The zero-order valence-corrected chi connectivity index (χ0v) is 19.1. The quantitative estimate of drug-likeness (QED) is 0.675. The molecule has 0 bridgehead atoms. The van der Waals surface area contributed by atoms with Crippen LogP contribution in [-0.2, 0) is 14.1 Å². The standard InChI is InChI=1S/2C11H20N2/c2*1-7(2)10-9(5)12-11(8(3)4)13(10)6/h2*7-8H,1-6H3. The number of hydrogen-bond donors (Lipinski definition) is 0. The van der Waals surface area contributed by atoms with Crippen molar-refractivity contribution in [2.45, 2.75) is 92.9 Å². The molecular weight excluding hydrogens is 320 g/mol. The van der Waals surface area contributed by atoms with Gasteiger partial charge in [-0.3, -0.25) is 0 Å². The Hall–Kier alpha value is -1.58. The normalized spacial score (nSPS) is 11.7. The van der Waals surface area contributed by atoms with Gasteiger partial charge in [-0.2, -0.15) is 0 Å². The van der Waals surface area contributed by atoms with E-state index in [4.69, 9.17) is 0 Å². The van der Waals surface area contributed by atoms with Gasteiger partial charge < -0.3 is 9.13 Å². The highest BCUT2D eigenvalue weighted by Crippen LogP contribution is 2.24. The molecule has 0 atom stereocenters. The molecule has 4 heteroatoms. The van der Waals surface area contributed by atoms with E-state index in [0.29, 0.717) is 23.7 Å². The molecule has 2 rings (SSSR count). The Morgan fingerprint density at radius 2 is 0.808 bits per heavy atom. The third kappa shape index (κ3) is 4.77. The van der Waals surface area contributed by atoms with Crippen molar-refractivity contribution in [1.82, 2.24) is 19.1 Å². The Morgan fingerprint density at radius 3 is 0.923 bits per heavy atom. The van der Waals surface area contributed by atoms with Gasteiger partial charge in [-0.25, -0.2) is 9.97 Å². The Morgan fingerprint density at radius 1 is 0.538 bits per heavy atom. The Kier molecular flexibility index (Phi) is 7.67. The van der Waals surface area contributed by atoms with Crippen LogP contribution in [-0.4, -0.2) is 19.1 Å². The number of hydrogen-bond acceptors (Lipinski definition) is 2. The van der Waals surface area contributed by atoms with Gasteiger partial charge in [0.25, 0.3) is 0 Å². The van der Waals surface area contributed by atoms with E-state index in [0.717, 1.165) is 0 Å². The first kappa shape index (κ1) is 22.5. The van der Waals surface area contributed by atoms with E-state index in [1.165, 1.54) is 34.4 Å². The molecule has 148 valence electrons. The number of imidazole rings is 2. The topological polar surface area (TPSA) is 35.6 Å². The molecule has 0 aromatic carbocycles. The molecule has 0 aliphatic carbocycles. The fraction of sp³-hybridized carbons (Fsp3) is 0.727. The minimum absolute atomic E-state index is 0.510. The molecule has 0 amide bonds. The van der Waals surface area contributed by atoms with Gasteiger partial charge in [0, 0.05) is 37.3 Å². The van der Waals surface area contributed by atoms with E-state index < -0.39 is 0 Å². The van der Waals surface area contributed by atoms with Crippen LogP contribution in [0.3, 0.4) is 0 Å². The third-order valence-corrected chi connectivity index (χ3v) is 4.84. The maximum atomic E-state index is 4.59. The van der Waals surface area contributed by atoms with Crippen LogP contribution in [0.4, 0.5) is 0 Å². The molecule has 26 heavy (non-hydrogen) atoms. The van der Waals surface area contributed by atoms with E-state index in [1.807, 2.05) is 0 Å². The lowest BCUT2D eigenvalue weighted by atomic mass is 10.1. The molecule has 0 fully saturated rings. The molecule has 0 aliphatic heterocycles. The lowest BCUT2D eigenvalue weighted by Crippen LogP contribution is -2.04. The molecule has 2 aromatic rings. The van der Waals surface area contributed by atoms with E-state index in [1.54, 1.807) is 0 Å². The lowest BCUT2D eigenvalue weighted by Gasteiger charge is -2.10. The maximum Gasteiger partial charge on any atom is 0.111 e. The largest absolute Gasteiger partial charge is 0.334 e. The van der Waals surface area contributed by atoms with Gasteiger partial charge in [0.1, 0.15) is 11.6 Å². The van der Waals surface area contributed by atoms with Gasteiger partial charge in [-0.15, -0.1) is 0 Å². The van der Waals surface area contributed by atoms with Crippen LogP contribution < -0.4 is 0 Å². The number of rotatable bonds is 4. The zero-order chi connectivity index (χ0) is 20.3. The molecule has 0 N–H and O–H groups in total. The predicted molar refractivity (Wildman–Crippen MR) is 112 cm³/mol. The molecule has 0 unspecified atom stereocenters. The van der Waals surface area contributed by atoms with Crippen LogP contribution in [0.15, 0.2) is 0 Å². The smallest absolute Gasteiger partial charge is 0.111 e. The first-order chi connectivity index (χ1) is 11.9. The highest BCUT2D eigenvalue weighted by atomic mass is 15.1. The molecule has 2 aromatic heterocycles. The number of nitrogens with zero attached hydrogens (tertiary/aromatic N) is 4. The van der Waals surface area contributed by atoms with E-state index in [-0.39, 0.29) is 0 Å². The van der Waals surface area contributed by atoms with Crippen molar-refractivity contribution in [3.05, 3.63) is 34.4 Å². The highest BCUT2D eigenvalue weighted by Gasteiger charge is 2.16. The summed E-state index contributed by atoms with van der Waals surface area (Å²) in [6, 6.07) is 0. The average molecular weight is 361 g/mol. The van der Waals surface area contributed by atoms with Gasteiger partial charge in [-0.05, 0) is 25.7 Å². The molecular formula is C22H40N4. The summed E-state index contributed by atoms with van der Waals surface area (Å²) in [5.74, 6) is 4.53. The summed E-state index contributed by atoms with van der Waals surface area (Å²) >= 11 is 0. The highest BCUT2D eigenvalue weighted by molar-refractivity contribution is 5.21. The van der Waals surface area contributed by atoms with Crippen molar-refractivity contribution in [1.29, 1.82) is 0 Å². The molecule has 2 heterocycles. The molecule has 0 radical (unpaired) electrons. The van der Waals surface area contributed by atoms with Crippen LogP contribution in [0.5, 0.6) is 0 Å². The Balaban J connectivity index is 0.000000260. The summed E-state index contributed by atoms with van der Waals surface area (Å²) in [5.41, 5.74) is 5.09. The minimum atomic E-state index is 0.510. The Labute approximate surface area is 161 Å². The van der Waals surface area contributed by atoms with Crippen molar-refractivity contribution in [3.8, 4) is 0 Å². The van der Waals surface area contributed by atoms with Crippen LogP contribution >= 0.6 is 0 Å². The SMILES string of the molecule is Cc1nc(C(C)C)n(C)c1C(C)C.Cc1nc(C(C)C)n(C)c1C(C)C. The van der Waals surface area contributed by atoms with Crippen molar-refractivity contribution < 1.29 is 0 Å². The average Bonchev–Trinajstić information content (AvgIpc) is 2.95. The predicted octanol–water partition coefficient (Wildman–Crippen LogP) is 5.95. The van der Waals surface area contributed by atoms with Crippen molar-refractivity contribution >= 4 is 0 Å². The first-order valence-corrected chi connectivity index (χ1v) is 9.96.